The number of fused-ring (bicyclic) bond motifs is 1. The molecule has 0 bridgehead atoms. The Bertz CT molecular complexity index is 1360. The fourth-order valence-corrected chi connectivity index (χ4v) is 6.25. The van der Waals surface area contributed by atoms with Crippen molar-refractivity contribution in [2.75, 3.05) is 44.1 Å². The average molecular weight is 547 g/mol. The molecule has 2 aliphatic heterocycles. The Kier molecular flexibility index (Phi) is 7.49. The van der Waals surface area contributed by atoms with Gasteiger partial charge in [-0.15, -0.1) is 0 Å². The minimum Gasteiger partial charge on any atom is -0.497 e. The van der Waals surface area contributed by atoms with E-state index in [0.29, 0.717) is 55.8 Å². The lowest BCUT2D eigenvalue weighted by molar-refractivity contribution is -0.133. The molecule has 40 heavy (non-hydrogen) atoms. The van der Waals surface area contributed by atoms with Crippen molar-refractivity contribution in [2.45, 2.75) is 45.6 Å². The van der Waals surface area contributed by atoms with E-state index in [1.165, 1.54) is 0 Å². The fraction of sp³-hybridized carbons (Fsp3) is 0.452. The van der Waals surface area contributed by atoms with Crippen LogP contribution in [-0.4, -0.2) is 56.4 Å². The number of methoxy groups -OCH3 is 2. The summed E-state index contributed by atoms with van der Waals surface area (Å²) in [5.74, 6) is 0.673. The lowest BCUT2D eigenvalue weighted by Gasteiger charge is -2.39. The Labute approximate surface area is 235 Å². The van der Waals surface area contributed by atoms with Gasteiger partial charge in [-0.05, 0) is 48.9 Å². The van der Waals surface area contributed by atoms with Gasteiger partial charge in [0.15, 0.2) is 5.78 Å². The first-order chi connectivity index (χ1) is 19.1. The number of allylic oxidation sites excluding steroid dienone is 1. The van der Waals surface area contributed by atoms with Crippen LogP contribution in [-0.2, 0) is 14.4 Å². The lowest BCUT2D eigenvalue weighted by atomic mass is 9.73. The Morgan fingerprint density at radius 2 is 1.77 bits per heavy atom. The highest BCUT2D eigenvalue weighted by molar-refractivity contribution is 6.02. The van der Waals surface area contributed by atoms with Crippen molar-refractivity contribution in [3.63, 3.8) is 0 Å². The summed E-state index contributed by atoms with van der Waals surface area (Å²) in [5.41, 5.74) is 9.28. The number of nitrogens with zero attached hydrogens (tertiary/aromatic N) is 2. The number of likely N-dealkylation sites (tertiary alicyclic amines) is 1. The zero-order chi connectivity index (χ0) is 28.6. The first-order valence-electron chi connectivity index (χ1n) is 13.8. The number of hydrogen-bond donors (Lipinski definition) is 2. The summed E-state index contributed by atoms with van der Waals surface area (Å²) >= 11 is 0. The number of carbonyl (C=O) groups excluding carboxylic acids is 3. The van der Waals surface area contributed by atoms with Crippen LogP contribution in [0.25, 0.3) is 0 Å². The number of amides is 2. The Hall–Kier alpha value is -4.01. The SMILES string of the molecule is COc1ccc(C2C3=C(CC(C)(C)CC3=O)Nc3ccccc3N2CC(=O)N2CCC(C(N)=O)CC2)c(OC)c1. The Balaban J connectivity index is 1.63. The molecule has 0 spiro atoms. The monoisotopic (exact) mass is 546 g/mol. The summed E-state index contributed by atoms with van der Waals surface area (Å²) in [5, 5.41) is 3.58. The first-order valence-corrected chi connectivity index (χ1v) is 13.8. The maximum absolute atomic E-state index is 14.0. The molecule has 1 saturated heterocycles. The van der Waals surface area contributed by atoms with Crippen LogP contribution in [0.5, 0.6) is 11.5 Å². The van der Waals surface area contributed by atoms with Gasteiger partial charge in [-0.1, -0.05) is 26.0 Å². The van der Waals surface area contributed by atoms with Gasteiger partial charge < -0.3 is 30.3 Å². The Morgan fingerprint density at radius 3 is 2.45 bits per heavy atom. The molecule has 2 amide bonds. The highest BCUT2D eigenvalue weighted by atomic mass is 16.5. The third kappa shape index (κ3) is 5.24. The van der Waals surface area contributed by atoms with Crippen molar-refractivity contribution in [3.05, 3.63) is 59.3 Å². The van der Waals surface area contributed by atoms with E-state index in [1.807, 2.05) is 47.4 Å². The quantitative estimate of drug-likeness (QED) is 0.562. The third-order valence-electron chi connectivity index (χ3n) is 8.29. The molecule has 0 saturated carbocycles. The number of ketones is 1. The molecule has 9 nitrogen and oxygen atoms in total. The Morgan fingerprint density at radius 1 is 1.05 bits per heavy atom. The topological polar surface area (TPSA) is 114 Å². The zero-order valence-corrected chi connectivity index (χ0v) is 23.7. The molecule has 1 aliphatic carbocycles. The number of anilines is 2. The number of rotatable bonds is 6. The molecule has 2 heterocycles. The fourth-order valence-electron chi connectivity index (χ4n) is 6.25. The van der Waals surface area contributed by atoms with E-state index in [0.717, 1.165) is 22.6 Å². The number of nitrogens with two attached hydrogens (primary N) is 1. The van der Waals surface area contributed by atoms with Gasteiger partial charge in [0.2, 0.25) is 11.8 Å². The molecule has 0 radical (unpaired) electrons. The van der Waals surface area contributed by atoms with E-state index < -0.39 is 6.04 Å². The number of piperidine rings is 1. The highest BCUT2D eigenvalue weighted by Crippen LogP contribution is 2.50. The van der Waals surface area contributed by atoms with Crippen molar-refractivity contribution < 1.29 is 23.9 Å². The molecule has 0 aromatic heterocycles. The van der Waals surface area contributed by atoms with Gasteiger partial charge in [-0.2, -0.15) is 0 Å². The molecule has 1 atom stereocenters. The second-order valence-corrected chi connectivity index (χ2v) is 11.7. The summed E-state index contributed by atoms with van der Waals surface area (Å²) < 4.78 is 11.3. The van der Waals surface area contributed by atoms with E-state index >= 15 is 0 Å². The van der Waals surface area contributed by atoms with Gasteiger partial charge in [-0.3, -0.25) is 14.4 Å². The summed E-state index contributed by atoms with van der Waals surface area (Å²) in [4.78, 5) is 43.3. The van der Waals surface area contributed by atoms with Crippen LogP contribution >= 0.6 is 0 Å². The molecule has 2 aromatic rings. The molecular weight excluding hydrogens is 508 g/mol. The van der Waals surface area contributed by atoms with Crippen LogP contribution < -0.4 is 25.4 Å². The predicted octanol–water partition coefficient (Wildman–Crippen LogP) is 4.04. The summed E-state index contributed by atoms with van der Waals surface area (Å²) in [6.07, 6.45) is 2.21. The van der Waals surface area contributed by atoms with Gasteiger partial charge in [0.1, 0.15) is 11.5 Å². The summed E-state index contributed by atoms with van der Waals surface area (Å²) in [6, 6.07) is 12.9. The van der Waals surface area contributed by atoms with Crippen molar-refractivity contribution in [1.82, 2.24) is 4.90 Å². The second kappa shape index (κ2) is 10.9. The van der Waals surface area contributed by atoms with Gasteiger partial charge in [-0.25, -0.2) is 0 Å². The van der Waals surface area contributed by atoms with Crippen molar-refractivity contribution >= 4 is 29.0 Å². The summed E-state index contributed by atoms with van der Waals surface area (Å²) in [6.45, 7) is 5.20. The van der Waals surface area contributed by atoms with Crippen LogP contribution in [0, 0.1) is 11.3 Å². The van der Waals surface area contributed by atoms with Crippen LogP contribution in [0.3, 0.4) is 0 Å². The van der Waals surface area contributed by atoms with Gasteiger partial charge >= 0.3 is 0 Å². The molecular formula is C31H38N4O5. The number of carbonyl (C=O) groups is 3. The zero-order valence-electron chi connectivity index (χ0n) is 23.7. The van der Waals surface area contributed by atoms with E-state index in [1.54, 1.807) is 19.1 Å². The number of primary amides is 1. The molecule has 5 rings (SSSR count). The molecule has 1 fully saturated rings. The van der Waals surface area contributed by atoms with Gasteiger partial charge in [0.05, 0.1) is 38.2 Å². The molecule has 9 heteroatoms. The number of nitrogens with one attached hydrogen (secondary N) is 1. The molecule has 212 valence electrons. The number of hydrogen-bond acceptors (Lipinski definition) is 7. The minimum atomic E-state index is -0.567. The lowest BCUT2D eigenvalue weighted by Crippen LogP contribution is -2.47. The number of benzene rings is 2. The van der Waals surface area contributed by atoms with E-state index in [2.05, 4.69) is 19.2 Å². The van der Waals surface area contributed by atoms with Crippen molar-refractivity contribution in [1.29, 1.82) is 0 Å². The van der Waals surface area contributed by atoms with E-state index in [4.69, 9.17) is 15.2 Å². The van der Waals surface area contributed by atoms with Gasteiger partial charge in [0.25, 0.3) is 0 Å². The number of ether oxygens (including phenoxy) is 2. The molecule has 3 aliphatic rings. The predicted molar refractivity (Wildman–Crippen MR) is 153 cm³/mol. The van der Waals surface area contributed by atoms with E-state index in [-0.39, 0.29) is 35.5 Å². The maximum Gasteiger partial charge on any atom is 0.242 e. The van der Waals surface area contributed by atoms with E-state index in [9.17, 15) is 14.4 Å². The first kappa shape index (κ1) is 27.6. The third-order valence-corrected chi connectivity index (χ3v) is 8.29. The largest absolute Gasteiger partial charge is 0.497 e. The standard InChI is InChI=1S/C31H38N4O5/c1-31(2)16-23-28(25(36)17-31)29(21-10-9-20(39-3)15-26(21)40-4)35(24-8-6-5-7-22(24)33-23)18-27(37)34-13-11-19(12-14-34)30(32)38/h5-10,15,19,29,33H,11-14,16-18H2,1-4H3,(H2,32,38). The normalized spacial score (nSPS) is 20.7. The highest BCUT2D eigenvalue weighted by Gasteiger charge is 2.43. The second-order valence-electron chi connectivity index (χ2n) is 11.7. The van der Waals surface area contributed by atoms with Crippen LogP contribution in [0.15, 0.2) is 53.7 Å². The van der Waals surface area contributed by atoms with Crippen LogP contribution in [0.1, 0.15) is 51.1 Å². The van der Waals surface area contributed by atoms with Crippen molar-refractivity contribution in [2.24, 2.45) is 17.1 Å². The minimum absolute atomic E-state index is 0.0488. The molecule has 2 aromatic carbocycles. The summed E-state index contributed by atoms with van der Waals surface area (Å²) in [7, 11) is 3.20. The van der Waals surface area contributed by atoms with Crippen molar-refractivity contribution in [3.8, 4) is 11.5 Å². The average Bonchev–Trinajstić information content (AvgIpc) is 3.06. The van der Waals surface area contributed by atoms with Crippen LogP contribution in [0.4, 0.5) is 11.4 Å². The van der Waals surface area contributed by atoms with Gasteiger partial charge in [0, 0.05) is 48.3 Å². The maximum atomic E-state index is 14.0. The smallest absolute Gasteiger partial charge is 0.242 e. The molecule has 3 N–H and O–H groups in total. The van der Waals surface area contributed by atoms with Crippen LogP contribution in [0.2, 0.25) is 0 Å². The number of Topliss-reactive ketones (excluding diaryl/α,β-unsaturated/α-hetero) is 1. The molecule has 1 unspecified atom stereocenters. The number of para-hydroxylation sites is 2.